The van der Waals surface area contributed by atoms with E-state index in [2.05, 4.69) is 31.0 Å². The molecule has 2 aliphatic rings. The minimum Gasteiger partial charge on any atom is -0.253 e. The van der Waals surface area contributed by atoms with E-state index in [1.807, 2.05) is 0 Å². The highest BCUT2D eigenvalue weighted by Crippen LogP contribution is 2.54. The molecule has 100 valence electrons. The molecule has 1 aliphatic heterocycles. The third-order valence-electron chi connectivity index (χ3n) is 4.89. The summed E-state index contributed by atoms with van der Waals surface area (Å²) in [4.78, 5) is 0. The van der Waals surface area contributed by atoms with Gasteiger partial charge in [0.15, 0.2) is 0 Å². The number of hydrogen-bond donors (Lipinski definition) is 1. The van der Waals surface area contributed by atoms with Crippen LogP contribution in [0.1, 0.15) is 65.2 Å². The van der Waals surface area contributed by atoms with Crippen molar-refractivity contribution in [3.63, 3.8) is 0 Å². The normalized spacial score (nSPS) is 25.4. The highest BCUT2D eigenvalue weighted by atomic mass is 32.1. The van der Waals surface area contributed by atoms with Gasteiger partial charge in [-0.2, -0.15) is 0 Å². The zero-order chi connectivity index (χ0) is 12.3. The first-order valence-corrected chi connectivity index (χ1v) is 7.93. The Kier molecular flexibility index (Phi) is 4.82. The highest BCUT2D eigenvalue weighted by Gasteiger charge is 2.44. The Labute approximate surface area is 113 Å². The Balaban J connectivity index is 1.56. The quantitative estimate of drug-likeness (QED) is 0.557. The summed E-state index contributed by atoms with van der Waals surface area (Å²) in [6.07, 6.45) is 11.7. The molecule has 1 heterocycles. The molecule has 0 radical (unpaired) electrons. The summed E-state index contributed by atoms with van der Waals surface area (Å²) < 4.78 is 2.20. The van der Waals surface area contributed by atoms with Crippen LogP contribution in [0.2, 0.25) is 0 Å². The third kappa shape index (κ3) is 3.89. The predicted molar refractivity (Wildman–Crippen MR) is 78.3 cm³/mol. The highest BCUT2D eigenvalue weighted by molar-refractivity contribution is 7.77. The molecular formula is C15H29NS. The minimum atomic E-state index is 0.752. The van der Waals surface area contributed by atoms with Crippen molar-refractivity contribution in [3.05, 3.63) is 0 Å². The summed E-state index contributed by atoms with van der Waals surface area (Å²) in [6.45, 7) is 7.10. The number of rotatable bonds is 5. The van der Waals surface area contributed by atoms with E-state index in [1.165, 1.54) is 64.5 Å². The molecular weight excluding hydrogens is 226 g/mol. The van der Waals surface area contributed by atoms with Gasteiger partial charge in [0, 0.05) is 13.1 Å². The summed E-state index contributed by atoms with van der Waals surface area (Å²) in [6, 6.07) is 0. The second-order valence-corrected chi connectivity index (χ2v) is 7.47. The summed E-state index contributed by atoms with van der Waals surface area (Å²) in [5, 5.41) is 0. The van der Waals surface area contributed by atoms with E-state index in [1.54, 1.807) is 0 Å². The van der Waals surface area contributed by atoms with E-state index >= 15 is 0 Å². The lowest BCUT2D eigenvalue weighted by Gasteiger charge is -2.52. The van der Waals surface area contributed by atoms with Crippen molar-refractivity contribution in [2.24, 2.45) is 17.3 Å². The van der Waals surface area contributed by atoms with Crippen molar-refractivity contribution >= 4 is 12.8 Å². The van der Waals surface area contributed by atoms with Crippen molar-refractivity contribution < 1.29 is 0 Å². The van der Waals surface area contributed by atoms with Gasteiger partial charge >= 0.3 is 0 Å². The minimum absolute atomic E-state index is 0.752. The van der Waals surface area contributed by atoms with Crippen molar-refractivity contribution in [2.75, 3.05) is 13.1 Å². The lowest BCUT2D eigenvalue weighted by Crippen LogP contribution is -2.44. The number of unbranched alkanes of at least 4 members (excludes halogenated alkanes) is 1. The Bertz CT molecular complexity index is 223. The van der Waals surface area contributed by atoms with Gasteiger partial charge in [-0.05, 0) is 42.9 Å². The summed E-state index contributed by atoms with van der Waals surface area (Å²) in [5.74, 6) is 1.95. The largest absolute Gasteiger partial charge is 0.253 e. The number of hydrogen-bond acceptors (Lipinski definition) is 2. The van der Waals surface area contributed by atoms with Gasteiger partial charge in [0.2, 0.25) is 0 Å². The van der Waals surface area contributed by atoms with Gasteiger partial charge < -0.3 is 0 Å². The Morgan fingerprint density at radius 2 is 1.82 bits per heavy atom. The molecule has 1 aliphatic carbocycles. The fraction of sp³-hybridized carbons (Fsp3) is 1.00. The van der Waals surface area contributed by atoms with Crippen LogP contribution in [0.25, 0.3) is 0 Å². The number of nitrogens with zero attached hydrogens (tertiary/aromatic N) is 1. The van der Waals surface area contributed by atoms with Crippen LogP contribution in [0, 0.1) is 17.3 Å². The van der Waals surface area contributed by atoms with Crippen LogP contribution in [0.4, 0.5) is 0 Å². The monoisotopic (exact) mass is 255 g/mol. The van der Waals surface area contributed by atoms with E-state index in [9.17, 15) is 0 Å². The van der Waals surface area contributed by atoms with Gasteiger partial charge in [-0.25, -0.2) is 0 Å². The van der Waals surface area contributed by atoms with Gasteiger partial charge in [0.25, 0.3) is 0 Å². The fourth-order valence-corrected chi connectivity index (χ4v) is 3.93. The topological polar surface area (TPSA) is 3.24 Å². The molecule has 0 bridgehead atoms. The maximum atomic E-state index is 4.45. The zero-order valence-corrected chi connectivity index (χ0v) is 12.5. The number of piperidine rings is 1. The zero-order valence-electron chi connectivity index (χ0n) is 11.6. The van der Waals surface area contributed by atoms with Crippen LogP contribution in [-0.2, 0) is 0 Å². The molecule has 2 fully saturated rings. The maximum Gasteiger partial charge on any atom is 0.00922 e. The van der Waals surface area contributed by atoms with Gasteiger partial charge in [-0.3, -0.25) is 4.31 Å². The van der Waals surface area contributed by atoms with E-state index < -0.39 is 0 Å². The van der Waals surface area contributed by atoms with Crippen molar-refractivity contribution in [1.29, 1.82) is 0 Å². The molecule has 17 heavy (non-hydrogen) atoms. The average molecular weight is 255 g/mol. The van der Waals surface area contributed by atoms with Crippen LogP contribution in [0.5, 0.6) is 0 Å². The van der Waals surface area contributed by atoms with Crippen LogP contribution in [0.3, 0.4) is 0 Å². The van der Waals surface area contributed by atoms with Crippen molar-refractivity contribution in [1.82, 2.24) is 4.31 Å². The van der Waals surface area contributed by atoms with Crippen LogP contribution in [-0.4, -0.2) is 17.4 Å². The second kappa shape index (κ2) is 5.97. The molecule has 2 heteroatoms. The standard InChI is InChI=1S/C15H29NS/c1-13(2)5-3-4-6-14-11-15(12-14)7-9-16(17)10-8-15/h13-14,17H,3-12H2,1-2H3. The lowest BCUT2D eigenvalue weighted by molar-refractivity contribution is 0.00215. The molecule has 0 atom stereocenters. The second-order valence-electron chi connectivity index (χ2n) is 6.91. The van der Waals surface area contributed by atoms with Crippen LogP contribution >= 0.6 is 12.8 Å². The Hall–Kier alpha value is 0.310. The lowest BCUT2D eigenvalue weighted by atomic mass is 9.57. The van der Waals surface area contributed by atoms with E-state index in [0.717, 1.165) is 17.3 Å². The molecule has 0 unspecified atom stereocenters. The predicted octanol–water partition coefficient (Wildman–Crippen LogP) is 4.54. The number of thiol groups is 1. The summed E-state index contributed by atoms with van der Waals surface area (Å²) in [5.41, 5.74) is 0.752. The third-order valence-corrected chi connectivity index (χ3v) is 5.29. The Morgan fingerprint density at radius 1 is 1.18 bits per heavy atom. The molecule has 0 aromatic carbocycles. The molecule has 1 spiro atoms. The first kappa shape index (κ1) is 13.7. The van der Waals surface area contributed by atoms with Gasteiger partial charge in [0.1, 0.15) is 0 Å². The summed E-state index contributed by atoms with van der Waals surface area (Å²) >= 11 is 4.45. The molecule has 0 N–H and O–H groups in total. The molecule has 1 saturated carbocycles. The molecule has 0 amide bonds. The van der Waals surface area contributed by atoms with Crippen LogP contribution < -0.4 is 0 Å². The molecule has 1 saturated heterocycles. The SMILES string of the molecule is CC(C)CCCCC1CC2(CCN(S)CC2)C1. The van der Waals surface area contributed by atoms with Gasteiger partial charge in [-0.15, -0.1) is 0 Å². The molecule has 0 aromatic heterocycles. The average Bonchev–Trinajstić information content (AvgIpc) is 2.24. The van der Waals surface area contributed by atoms with Gasteiger partial charge in [0.05, 0.1) is 0 Å². The van der Waals surface area contributed by atoms with Crippen molar-refractivity contribution in [2.45, 2.75) is 65.2 Å². The summed E-state index contributed by atoms with van der Waals surface area (Å²) in [7, 11) is 0. The van der Waals surface area contributed by atoms with E-state index in [4.69, 9.17) is 0 Å². The molecule has 2 rings (SSSR count). The van der Waals surface area contributed by atoms with E-state index in [0.29, 0.717) is 0 Å². The molecule has 0 aromatic rings. The van der Waals surface area contributed by atoms with E-state index in [-0.39, 0.29) is 0 Å². The molecule has 1 nitrogen and oxygen atoms in total. The maximum absolute atomic E-state index is 4.45. The first-order valence-electron chi connectivity index (χ1n) is 7.53. The van der Waals surface area contributed by atoms with Crippen molar-refractivity contribution in [3.8, 4) is 0 Å². The first-order chi connectivity index (χ1) is 8.10. The van der Waals surface area contributed by atoms with Gasteiger partial charge in [-0.1, -0.05) is 52.3 Å². The fourth-order valence-electron chi connectivity index (χ4n) is 3.73. The van der Waals surface area contributed by atoms with Crippen LogP contribution in [0.15, 0.2) is 0 Å². The smallest absolute Gasteiger partial charge is 0.00922 e. The Morgan fingerprint density at radius 3 is 2.41 bits per heavy atom.